The van der Waals surface area contributed by atoms with Crippen LogP contribution < -0.4 is 5.32 Å². The van der Waals surface area contributed by atoms with E-state index >= 15 is 0 Å². The molecule has 1 aromatic heterocycles. The standard InChI is InChI=1S/C18H22N4O3/c1-13-9-14(2)11-15(10-13)18(24)19-16-3-4-22(20-16)12-17(23)21-5-7-25-8-6-21/h3-4,9-11H,5-8,12H2,1-2H3,(H,19,20,24). The molecule has 0 aliphatic carbocycles. The number of carbonyl (C=O) groups excluding carboxylic acids is 2. The second-order valence-electron chi connectivity index (χ2n) is 6.22. The minimum absolute atomic E-state index is 0.00131. The topological polar surface area (TPSA) is 76.5 Å². The van der Waals surface area contributed by atoms with Gasteiger partial charge in [-0.1, -0.05) is 17.2 Å². The zero-order valence-corrected chi connectivity index (χ0v) is 14.5. The molecule has 0 spiro atoms. The highest BCUT2D eigenvalue weighted by Crippen LogP contribution is 2.12. The number of nitrogens with zero attached hydrogens (tertiary/aromatic N) is 3. The summed E-state index contributed by atoms with van der Waals surface area (Å²) < 4.78 is 6.78. The van der Waals surface area contributed by atoms with Crippen molar-refractivity contribution >= 4 is 17.6 Å². The van der Waals surface area contributed by atoms with Gasteiger partial charge in [0.05, 0.1) is 13.2 Å². The van der Waals surface area contributed by atoms with E-state index in [-0.39, 0.29) is 18.4 Å². The van der Waals surface area contributed by atoms with E-state index in [0.717, 1.165) is 11.1 Å². The first-order valence-electron chi connectivity index (χ1n) is 8.30. The van der Waals surface area contributed by atoms with Gasteiger partial charge < -0.3 is 15.0 Å². The molecule has 1 aliphatic heterocycles. The summed E-state index contributed by atoms with van der Waals surface area (Å²) in [4.78, 5) is 26.3. The van der Waals surface area contributed by atoms with Gasteiger partial charge in [-0.15, -0.1) is 0 Å². The summed E-state index contributed by atoms with van der Waals surface area (Å²) in [5, 5.41) is 7.03. The van der Waals surface area contributed by atoms with Crippen LogP contribution in [-0.2, 0) is 16.1 Å². The third-order valence-corrected chi connectivity index (χ3v) is 4.03. The van der Waals surface area contributed by atoms with E-state index in [0.29, 0.717) is 37.7 Å². The van der Waals surface area contributed by atoms with Crippen LogP contribution in [0.15, 0.2) is 30.5 Å². The molecule has 1 aromatic carbocycles. The molecule has 7 nitrogen and oxygen atoms in total. The molecule has 0 bridgehead atoms. The van der Waals surface area contributed by atoms with E-state index in [1.165, 1.54) is 4.68 Å². The Kier molecular flexibility index (Phi) is 5.14. The first-order valence-corrected chi connectivity index (χ1v) is 8.30. The maximum Gasteiger partial charge on any atom is 0.256 e. The monoisotopic (exact) mass is 342 g/mol. The summed E-state index contributed by atoms with van der Waals surface area (Å²) in [7, 11) is 0. The molecule has 0 atom stereocenters. The smallest absolute Gasteiger partial charge is 0.256 e. The van der Waals surface area contributed by atoms with Crippen molar-refractivity contribution in [3.63, 3.8) is 0 Å². The number of hydrogen-bond donors (Lipinski definition) is 1. The predicted octanol–water partition coefficient (Wildman–Crippen LogP) is 1.61. The molecule has 2 heterocycles. The van der Waals surface area contributed by atoms with Gasteiger partial charge in [0, 0.05) is 30.9 Å². The van der Waals surface area contributed by atoms with Crippen molar-refractivity contribution in [2.24, 2.45) is 0 Å². The van der Waals surface area contributed by atoms with Crippen LogP contribution in [0.5, 0.6) is 0 Å². The Hall–Kier alpha value is -2.67. The Morgan fingerprint density at radius 2 is 1.84 bits per heavy atom. The average Bonchev–Trinajstić information content (AvgIpc) is 3.01. The first kappa shape index (κ1) is 17.2. The molecule has 1 aliphatic rings. The number of hydrogen-bond acceptors (Lipinski definition) is 4. The lowest BCUT2D eigenvalue weighted by molar-refractivity contribution is -0.136. The Labute approximate surface area is 146 Å². The molecule has 1 saturated heterocycles. The summed E-state index contributed by atoms with van der Waals surface area (Å²) in [5.74, 6) is 0.217. The quantitative estimate of drug-likeness (QED) is 0.916. The van der Waals surface area contributed by atoms with Gasteiger partial charge in [0.15, 0.2) is 5.82 Å². The van der Waals surface area contributed by atoms with Gasteiger partial charge in [-0.2, -0.15) is 5.10 Å². The molecule has 0 unspecified atom stereocenters. The number of amides is 2. The second-order valence-corrected chi connectivity index (χ2v) is 6.22. The number of ether oxygens (including phenoxy) is 1. The van der Waals surface area contributed by atoms with E-state index in [1.54, 1.807) is 17.2 Å². The first-order chi connectivity index (χ1) is 12.0. The average molecular weight is 342 g/mol. The molecule has 3 rings (SSSR count). The van der Waals surface area contributed by atoms with Gasteiger partial charge in [-0.25, -0.2) is 0 Å². The van der Waals surface area contributed by atoms with Crippen molar-refractivity contribution in [3.05, 3.63) is 47.2 Å². The molecule has 2 amide bonds. The molecule has 0 radical (unpaired) electrons. The Morgan fingerprint density at radius 3 is 2.52 bits per heavy atom. The number of anilines is 1. The number of rotatable bonds is 4. The Balaban J connectivity index is 1.61. The second kappa shape index (κ2) is 7.48. The fraction of sp³-hybridized carbons (Fsp3) is 0.389. The Morgan fingerprint density at radius 1 is 1.16 bits per heavy atom. The number of nitrogens with one attached hydrogen (secondary N) is 1. The summed E-state index contributed by atoms with van der Waals surface area (Å²) in [6.45, 7) is 6.42. The highest BCUT2D eigenvalue weighted by molar-refractivity contribution is 6.04. The van der Waals surface area contributed by atoms with Crippen molar-refractivity contribution in [1.29, 1.82) is 0 Å². The van der Waals surface area contributed by atoms with E-state index < -0.39 is 0 Å². The van der Waals surface area contributed by atoms with Crippen LogP contribution in [0.3, 0.4) is 0 Å². The number of aromatic nitrogens is 2. The lowest BCUT2D eigenvalue weighted by atomic mass is 10.1. The van der Waals surface area contributed by atoms with Crippen molar-refractivity contribution in [3.8, 4) is 0 Å². The molecule has 0 saturated carbocycles. The third-order valence-electron chi connectivity index (χ3n) is 4.03. The summed E-state index contributed by atoms with van der Waals surface area (Å²) in [5.41, 5.74) is 2.66. The fourth-order valence-electron chi connectivity index (χ4n) is 2.86. The van der Waals surface area contributed by atoms with Gasteiger partial charge in [0.25, 0.3) is 5.91 Å². The maximum absolute atomic E-state index is 12.3. The van der Waals surface area contributed by atoms with Crippen LogP contribution in [0.2, 0.25) is 0 Å². The number of aryl methyl sites for hydroxylation is 2. The fourth-order valence-corrected chi connectivity index (χ4v) is 2.86. The summed E-state index contributed by atoms with van der Waals surface area (Å²) in [6.07, 6.45) is 1.69. The zero-order valence-electron chi connectivity index (χ0n) is 14.5. The number of carbonyl (C=O) groups is 2. The highest BCUT2D eigenvalue weighted by Gasteiger charge is 2.17. The van der Waals surface area contributed by atoms with Crippen molar-refractivity contribution in [2.45, 2.75) is 20.4 Å². The van der Waals surface area contributed by atoms with Gasteiger partial charge in [-0.3, -0.25) is 14.3 Å². The molecule has 1 N–H and O–H groups in total. The van der Waals surface area contributed by atoms with Crippen molar-refractivity contribution in [1.82, 2.24) is 14.7 Å². The summed E-state index contributed by atoms with van der Waals surface area (Å²) in [6, 6.07) is 7.37. The normalized spacial score (nSPS) is 14.4. The molecule has 132 valence electrons. The zero-order chi connectivity index (χ0) is 17.8. The summed E-state index contributed by atoms with van der Waals surface area (Å²) >= 11 is 0. The number of morpholine rings is 1. The van der Waals surface area contributed by atoms with Gasteiger partial charge >= 0.3 is 0 Å². The van der Waals surface area contributed by atoms with Crippen LogP contribution in [0.4, 0.5) is 5.82 Å². The SMILES string of the molecule is Cc1cc(C)cc(C(=O)Nc2ccn(CC(=O)N3CCOCC3)n2)c1. The molecular formula is C18H22N4O3. The third kappa shape index (κ3) is 4.45. The largest absolute Gasteiger partial charge is 0.378 e. The molecule has 1 fully saturated rings. The lowest BCUT2D eigenvalue weighted by Gasteiger charge is -2.26. The van der Waals surface area contributed by atoms with E-state index in [1.807, 2.05) is 32.0 Å². The van der Waals surface area contributed by atoms with Gasteiger partial charge in [-0.05, 0) is 26.0 Å². The minimum atomic E-state index is -0.212. The molecule has 7 heteroatoms. The number of benzene rings is 1. The van der Waals surface area contributed by atoms with E-state index in [2.05, 4.69) is 10.4 Å². The van der Waals surface area contributed by atoms with Crippen molar-refractivity contribution in [2.75, 3.05) is 31.6 Å². The maximum atomic E-state index is 12.3. The Bertz CT molecular complexity index is 758. The molecular weight excluding hydrogens is 320 g/mol. The van der Waals surface area contributed by atoms with Gasteiger partial charge in [0.2, 0.25) is 5.91 Å². The lowest BCUT2D eigenvalue weighted by Crippen LogP contribution is -2.42. The van der Waals surface area contributed by atoms with Crippen LogP contribution in [0.25, 0.3) is 0 Å². The van der Waals surface area contributed by atoms with Gasteiger partial charge in [0.1, 0.15) is 6.54 Å². The van der Waals surface area contributed by atoms with Crippen LogP contribution >= 0.6 is 0 Å². The van der Waals surface area contributed by atoms with Crippen LogP contribution in [0, 0.1) is 13.8 Å². The van der Waals surface area contributed by atoms with E-state index in [9.17, 15) is 9.59 Å². The molecule has 2 aromatic rings. The molecule has 25 heavy (non-hydrogen) atoms. The van der Waals surface area contributed by atoms with Crippen LogP contribution in [-0.4, -0.2) is 52.8 Å². The van der Waals surface area contributed by atoms with E-state index in [4.69, 9.17) is 4.74 Å². The van der Waals surface area contributed by atoms with Crippen molar-refractivity contribution < 1.29 is 14.3 Å². The highest BCUT2D eigenvalue weighted by atomic mass is 16.5. The van der Waals surface area contributed by atoms with Crippen LogP contribution in [0.1, 0.15) is 21.5 Å². The predicted molar refractivity (Wildman–Crippen MR) is 93.5 cm³/mol. The minimum Gasteiger partial charge on any atom is -0.378 e.